The van der Waals surface area contributed by atoms with Gasteiger partial charge < -0.3 is 31.3 Å². The van der Waals surface area contributed by atoms with Gasteiger partial charge in [0.1, 0.15) is 17.7 Å². The number of hydrogen-bond acceptors (Lipinski definition) is 9. The fraction of sp³-hybridized carbons (Fsp3) is 0.360. The molecule has 178 valence electrons. The summed E-state index contributed by atoms with van der Waals surface area (Å²) in [7, 11) is 0. The van der Waals surface area contributed by atoms with E-state index in [0.717, 1.165) is 40.8 Å². The van der Waals surface area contributed by atoms with Crippen LogP contribution in [0.3, 0.4) is 0 Å². The monoisotopic (exact) mass is 479 g/mol. The van der Waals surface area contributed by atoms with E-state index in [-0.39, 0.29) is 6.10 Å². The van der Waals surface area contributed by atoms with Crippen LogP contribution >= 0.6 is 11.3 Å². The number of nitrogen functional groups attached to an aromatic ring is 1. The smallest absolute Gasteiger partial charge is 0.227 e. The molecule has 1 aliphatic carbocycles. The molecule has 3 aromatic rings. The topological polar surface area (TPSA) is 131 Å². The Morgan fingerprint density at radius 2 is 1.88 bits per heavy atom. The first-order chi connectivity index (χ1) is 16.5. The zero-order valence-corrected chi connectivity index (χ0v) is 19.7. The number of rotatable bonds is 6. The summed E-state index contributed by atoms with van der Waals surface area (Å²) in [6.45, 7) is 1.92. The lowest BCUT2D eigenvalue weighted by atomic mass is 9.98. The van der Waals surface area contributed by atoms with Crippen LogP contribution in [0.15, 0.2) is 48.2 Å². The second-order valence-corrected chi connectivity index (χ2v) is 9.73. The number of thiophene rings is 1. The molecule has 0 saturated carbocycles. The van der Waals surface area contributed by atoms with E-state index in [1.54, 1.807) is 0 Å². The number of nitrogens with zero attached hydrogens (tertiary/aromatic N) is 3. The average molecular weight is 480 g/mol. The highest BCUT2D eigenvalue weighted by Gasteiger charge is 2.26. The fourth-order valence-corrected chi connectivity index (χ4v) is 5.35. The molecule has 1 atom stereocenters. The molecule has 5 rings (SSSR count). The summed E-state index contributed by atoms with van der Waals surface area (Å²) < 4.78 is 6.01. The Morgan fingerprint density at radius 3 is 2.56 bits per heavy atom. The van der Waals surface area contributed by atoms with Gasteiger partial charge >= 0.3 is 0 Å². The third-order valence-electron chi connectivity index (χ3n) is 6.30. The number of benzene rings is 1. The second kappa shape index (κ2) is 9.71. The van der Waals surface area contributed by atoms with Crippen molar-refractivity contribution in [2.24, 2.45) is 5.73 Å². The molecule has 1 unspecified atom stereocenters. The molecule has 1 aliphatic heterocycles. The van der Waals surface area contributed by atoms with E-state index < -0.39 is 6.23 Å². The number of hydrogen-bond donors (Lipinski definition) is 4. The molecule has 6 N–H and O–H groups in total. The zero-order chi connectivity index (χ0) is 23.7. The summed E-state index contributed by atoms with van der Waals surface area (Å²) in [5.41, 5.74) is 15.5. The Balaban J connectivity index is 1.48. The molecule has 0 spiro atoms. The summed E-state index contributed by atoms with van der Waals surface area (Å²) >= 11 is 1.30. The standard InChI is InChI=1S/C25H29N5O3S/c26-20-19-21(16-6-8-18(9-7-16)33-14-15-4-2-1-3-5-15)28-25(30-12-10-17(31)11-13-30)29-24(19)34-22(20)23(27)32/h1-6,8,17,23,31-32H,7,9-14,26-27H2. The fourth-order valence-electron chi connectivity index (χ4n) is 4.37. The molecule has 9 heteroatoms. The number of allylic oxidation sites excluding steroid dienone is 4. The van der Waals surface area contributed by atoms with Gasteiger partial charge in [-0.15, -0.1) is 11.3 Å². The molecule has 34 heavy (non-hydrogen) atoms. The van der Waals surface area contributed by atoms with Crippen LogP contribution in [0.4, 0.5) is 11.6 Å². The molecule has 1 aromatic carbocycles. The van der Waals surface area contributed by atoms with Gasteiger partial charge in [0.2, 0.25) is 5.95 Å². The SMILES string of the molecule is Nc1c(C(N)O)sc2nc(N3CCC(O)CC3)nc(C3=CC=C(OCc4ccccc4)CC3)c12. The highest BCUT2D eigenvalue weighted by Crippen LogP contribution is 2.41. The van der Waals surface area contributed by atoms with Crippen LogP contribution in [-0.4, -0.2) is 39.4 Å². The highest BCUT2D eigenvalue weighted by atomic mass is 32.1. The molecule has 3 heterocycles. The van der Waals surface area contributed by atoms with Gasteiger partial charge in [0.25, 0.3) is 0 Å². The van der Waals surface area contributed by atoms with Crippen LogP contribution in [0.2, 0.25) is 0 Å². The Morgan fingerprint density at radius 1 is 1.12 bits per heavy atom. The van der Waals surface area contributed by atoms with Crippen molar-refractivity contribution in [3.63, 3.8) is 0 Å². The molecule has 0 bridgehead atoms. The minimum atomic E-state index is -1.17. The molecule has 0 radical (unpaired) electrons. The lowest BCUT2D eigenvalue weighted by molar-refractivity contribution is 0.145. The third kappa shape index (κ3) is 4.65. The zero-order valence-electron chi connectivity index (χ0n) is 18.9. The molecular weight excluding hydrogens is 450 g/mol. The number of aromatic nitrogens is 2. The maximum atomic E-state index is 10.0. The Hall–Kier alpha value is -2.98. The van der Waals surface area contributed by atoms with Crippen LogP contribution in [0.25, 0.3) is 15.8 Å². The normalized spacial score (nSPS) is 18.0. The van der Waals surface area contributed by atoms with Crippen molar-refractivity contribution in [2.45, 2.75) is 44.6 Å². The predicted octanol–water partition coefficient (Wildman–Crippen LogP) is 3.46. The average Bonchev–Trinajstić information content (AvgIpc) is 3.20. The first kappa shape index (κ1) is 22.8. The van der Waals surface area contributed by atoms with Crippen LogP contribution in [0.1, 0.15) is 48.0 Å². The number of nitrogens with two attached hydrogens (primary N) is 2. The molecule has 2 aliphatic rings. The highest BCUT2D eigenvalue weighted by molar-refractivity contribution is 7.19. The number of anilines is 2. The Bertz CT molecular complexity index is 1230. The minimum Gasteiger partial charge on any atom is -0.493 e. The van der Waals surface area contributed by atoms with E-state index in [0.29, 0.717) is 53.9 Å². The molecule has 0 amide bonds. The van der Waals surface area contributed by atoms with Gasteiger partial charge in [-0.1, -0.05) is 36.4 Å². The largest absolute Gasteiger partial charge is 0.493 e. The minimum absolute atomic E-state index is 0.281. The van der Waals surface area contributed by atoms with Crippen molar-refractivity contribution in [2.75, 3.05) is 23.7 Å². The molecule has 8 nitrogen and oxygen atoms in total. The van der Waals surface area contributed by atoms with Crippen LogP contribution < -0.4 is 16.4 Å². The van der Waals surface area contributed by atoms with E-state index in [4.69, 9.17) is 26.2 Å². The van der Waals surface area contributed by atoms with E-state index in [9.17, 15) is 10.2 Å². The molecule has 1 fully saturated rings. The van der Waals surface area contributed by atoms with Crippen molar-refractivity contribution >= 4 is 38.8 Å². The Labute approximate surface area is 202 Å². The first-order valence-corrected chi connectivity index (χ1v) is 12.3. The Kier molecular flexibility index (Phi) is 6.51. The van der Waals surface area contributed by atoms with Crippen molar-refractivity contribution in [3.05, 3.63) is 64.4 Å². The summed E-state index contributed by atoms with van der Waals surface area (Å²) in [6, 6.07) is 10.1. The van der Waals surface area contributed by atoms with Crippen molar-refractivity contribution in [1.29, 1.82) is 0 Å². The van der Waals surface area contributed by atoms with Crippen molar-refractivity contribution in [1.82, 2.24) is 9.97 Å². The van der Waals surface area contributed by atoms with Gasteiger partial charge in [-0.2, -0.15) is 0 Å². The molecular formula is C25H29N5O3S. The van der Waals surface area contributed by atoms with Gasteiger partial charge in [0.15, 0.2) is 0 Å². The lowest BCUT2D eigenvalue weighted by Gasteiger charge is -2.30. The number of ether oxygens (including phenoxy) is 1. The van der Waals surface area contributed by atoms with Gasteiger partial charge in [-0.05, 0) is 36.5 Å². The quantitative estimate of drug-likeness (QED) is 0.395. The number of piperidine rings is 1. The van der Waals surface area contributed by atoms with Crippen molar-refractivity contribution < 1.29 is 14.9 Å². The number of fused-ring (bicyclic) bond motifs is 1. The summed E-state index contributed by atoms with van der Waals surface area (Å²) in [5.74, 6) is 1.55. The van der Waals surface area contributed by atoms with E-state index >= 15 is 0 Å². The van der Waals surface area contributed by atoms with Crippen LogP contribution in [-0.2, 0) is 11.3 Å². The first-order valence-electron chi connectivity index (χ1n) is 11.5. The molecule has 1 saturated heterocycles. The van der Waals surface area contributed by atoms with E-state index in [1.807, 2.05) is 42.5 Å². The number of aliphatic hydroxyl groups excluding tert-OH is 2. The van der Waals surface area contributed by atoms with E-state index in [2.05, 4.69) is 4.90 Å². The van der Waals surface area contributed by atoms with Gasteiger partial charge in [0, 0.05) is 19.5 Å². The van der Waals surface area contributed by atoms with Crippen LogP contribution in [0.5, 0.6) is 0 Å². The summed E-state index contributed by atoms with van der Waals surface area (Å²) in [4.78, 5) is 13.0. The maximum absolute atomic E-state index is 10.0. The predicted molar refractivity (Wildman–Crippen MR) is 135 cm³/mol. The second-order valence-electron chi connectivity index (χ2n) is 8.69. The van der Waals surface area contributed by atoms with Gasteiger partial charge in [-0.3, -0.25) is 0 Å². The summed E-state index contributed by atoms with van der Waals surface area (Å²) in [5, 5.41) is 20.7. The van der Waals surface area contributed by atoms with Gasteiger partial charge in [0.05, 0.1) is 33.5 Å². The van der Waals surface area contributed by atoms with Gasteiger partial charge in [-0.25, -0.2) is 9.97 Å². The van der Waals surface area contributed by atoms with Crippen molar-refractivity contribution in [3.8, 4) is 0 Å². The lowest BCUT2D eigenvalue weighted by Crippen LogP contribution is -2.37. The summed E-state index contributed by atoms with van der Waals surface area (Å²) in [6.07, 6.45) is 5.45. The number of aliphatic hydroxyl groups is 2. The third-order valence-corrected chi connectivity index (χ3v) is 7.47. The van der Waals surface area contributed by atoms with Crippen LogP contribution in [0, 0.1) is 0 Å². The molecule has 2 aromatic heterocycles. The maximum Gasteiger partial charge on any atom is 0.227 e. The van der Waals surface area contributed by atoms with E-state index in [1.165, 1.54) is 11.3 Å².